The summed E-state index contributed by atoms with van der Waals surface area (Å²) in [5.74, 6) is 0. The molecule has 8 aromatic carbocycles. The second kappa shape index (κ2) is 27.4. The van der Waals surface area contributed by atoms with E-state index in [0.29, 0.717) is 0 Å². The Hall–Kier alpha value is -5.00. The quantitative estimate of drug-likeness (QED) is 0.0486. The van der Waals surface area contributed by atoms with E-state index < -0.39 is 0 Å². The van der Waals surface area contributed by atoms with Gasteiger partial charge in [0.1, 0.15) is 0 Å². The zero-order valence-electron chi connectivity index (χ0n) is 36.2. The smallest absolute Gasteiger partial charge is 0.0352 e. The van der Waals surface area contributed by atoms with Gasteiger partial charge in [0.25, 0.3) is 0 Å². The first-order valence-corrected chi connectivity index (χ1v) is 25.8. The zero-order chi connectivity index (χ0) is 43.7. The van der Waals surface area contributed by atoms with E-state index in [-0.39, 0.29) is 0 Å². The van der Waals surface area contributed by atoms with Gasteiger partial charge in [0.05, 0.1) is 0 Å². The van der Waals surface area contributed by atoms with E-state index in [4.69, 9.17) is 0 Å². The molecule has 0 spiro atoms. The summed E-state index contributed by atoms with van der Waals surface area (Å²) >= 11 is 0. The van der Waals surface area contributed by atoms with Crippen LogP contribution in [-0.4, -0.2) is 17.2 Å². The molecule has 0 fully saturated rings. The minimum Gasteiger partial charge on any atom is -0.231 e. The molecule has 0 radical (unpaired) electrons. The van der Waals surface area contributed by atoms with Gasteiger partial charge in [-0.2, -0.15) is 0 Å². The number of hydrogen-bond acceptors (Lipinski definition) is 8. The van der Waals surface area contributed by atoms with Gasteiger partial charge in [-0.25, -0.2) is 17.2 Å². The molecule has 0 N–H and O–H groups in total. The molecule has 0 amide bonds. The second-order valence-corrected chi connectivity index (χ2v) is 19.8. The molecule has 4 nitrogen and oxygen atoms in total. The van der Waals surface area contributed by atoms with Gasteiger partial charge in [0.15, 0.2) is 0 Å². The van der Waals surface area contributed by atoms with Gasteiger partial charge in [-0.15, -0.1) is 0 Å². The van der Waals surface area contributed by atoms with Gasteiger partial charge >= 0.3 is 0 Å². The van der Waals surface area contributed by atoms with Crippen LogP contribution in [-0.2, 0) is 52.4 Å². The summed E-state index contributed by atoms with van der Waals surface area (Å²) in [6.07, 6.45) is 0. The maximum Gasteiger partial charge on any atom is 0.0352 e. The maximum atomic E-state index is 2.44. The Kier molecular flexibility index (Phi) is 20.1. The molecular formula is C56H56N4S4. The van der Waals surface area contributed by atoms with Crippen LogP contribution in [0.2, 0.25) is 0 Å². The summed E-state index contributed by atoms with van der Waals surface area (Å²) in [6, 6.07) is 85.7. The molecule has 0 aliphatic carbocycles. The first-order chi connectivity index (χ1) is 31.7. The van der Waals surface area contributed by atoms with Gasteiger partial charge in [0.2, 0.25) is 0 Å². The summed E-state index contributed by atoms with van der Waals surface area (Å²) in [6.45, 7) is 7.21. The molecule has 64 heavy (non-hydrogen) atoms. The van der Waals surface area contributed by atoms with E-state index in [1.807, 2.05) is 43.9 Å². The van der Waals surface area contributed by atoms with E-state index >= 15 is 0 Å². The van der Waals surface area contributed by atoms with E-state index in [2.05, 4.69) is 260 Å². The van der Waals surface area contributed by atoms with Crippen molar-refractivity contribution in [1.82, 2.24) is 17.2 Å². The number of benzene rings is 8. The third kappa shape index (κ3) is 17.5. The van der Waals surface area contributed by atoms with Gasteiger partial charge in [0, 0.05) is 96.3 Å². The fourth-order valence-electron chi connectivity index (χ4n) is 6.92. The van der Waals surface area contributed by atoms with Gasteiger partial charge in [-0.1, -0.05) is 243 Å². The minimum absolute atomic E-state index is 0.901. The van der Waals surface area contributed by atoms with Crippen molar-refractivity contribution in [2.75, 3.05) is 0 Å². The van der Waals surface area contributed by atoms with Crippen LogP contribution < -0.4 is 0 Å². The summed E-state index contributed by atoms with van der Waals surface area (Å²) in [7, 11) is 7.33. The average Bonchev–Trinajstić information content (AvgIpc) is 3.35. The van der Waals surface area contributed by atoms with Crippen molar-refractivity contribution < 1.29 is 0 Å². The van der Waals surface area contributed by atoms with Gasteiger partial charge in [-0.05, 0) is 44.5 Å². The molecule has 8 rings (SSSR count). The summed E-state index contributed by atoms with van der Waals surface area (Å²) in [5.41, 5.74) is 10.6. The molecule has 8 aromatic rings. The zero-order valence-corrected chi connectivity index (χ0v) is 39.4. The van der Waals surface area contributed by atoms with Crippen molar-refractivity contribution >= 4 is 43.9 Å². The molecule has 0 bridgehead atoms. The highest BCUT2D eigenvalue weighted by molar-refractivity contribution is 8.75. The Morgan fingerprint density at radius 2 is 0.281 bits per heavy atom. The fourth-order valence-corrected chi connectivity index (χ4v) is 11.3. The van der Waals surface area contributed by atoms with E-state index in [0.717, 1.165) is 52.4 Å². The highest BCUT2D eigenvalue weighted by Crippen LogP contribution is 2.36. The predicted molar refractivity (Wildman–Crippen MR) is 279 cm³/mol. The number of hydrogen-bond donors (Lipinski definition) is 0. The molecule has 8 heteroatoms. The second-order valence-electron chi connectivity index (χ2n) is 15.4. The van der Waals surface area contributed by atoms with Crippen LogP contribution in [0.25, 0.3) is 0 Å². The van der Waals surface area contributed by atoms with Crippen molar-refractivity contribution in [3.63, 3.8) is 0 Å². The topological polar surface area (TPSA) is 13.0 Å². The number of rotatable bonds is 22. The highest BCUT2D eigenvalue weighted by Gasteiger charge is 2.16. The van der Waals surface area contributed by atoms with Crippen LogP contribution in [0.3, 0.4) is 0 Å². The maximum absolute atomic E-state index is 2.44. The monoisotopic (exact) mass is 912 g/mol. The van der Waals surface area contributed by atoms with Crippen LogP contribution in [0.15, 0.2) is 243 Å². The summed E-state index contributed by atoms with van der Waals surface area (Å²) in [5, 5.41) is 0. The summed E-state index contributed by atoms with van der Waals surface area (Å²) in [4.78, 5) is 0. The normalized spacial score (nSPS) is 11.2. The first kappa shape index (κ1) is 47.0. The van der Waals surface area contributed by atoms with E-state index in [1.54, 1.807) is 0 Å². The SMILES string of the molecule is c1ccc(CN(Cc2ccccc2)SSN(Cc2ccccc2)Cc2ccccc2)cc1.c1ccc(CN(Cc2ccccc2)SSN(Cc2ccccc2)Cc2ccccc2)cc1. The molecule has 0 aliphatic rings. The lowest BCUT2D eigenvalue weighted by atomic mass is 10.2. The van der Waals surface area contributed by atoms with Gasteiger partial charge in [-0.3, -0.25) is 0 Å². The minimum atomic E-state index is 0.901. The molecule has 0 atom stereocenters. The highest BCUT2D eigenvalue weighted by atomic mass is 33.1. The van der Waals surface area contributed by atoms with E-state index in [1.165, 1.54) is 44.5 Å². The predicted octanol–water partition coefficient (Wildman–Crippen LogP) is 15.2. The molecular weight excluding hydrogens is 857 g/mol. The Labute approximate surface area is 398 Å². The van der Waals surface area contributed by atoms with Crippen LogP contribution >= 0.6 is 43.9 Å². The van der Waals surface area contributed by atoms with Gasteiger partial charge < -0.3 is 0 Å². The molecule has 0 aromatic heterocycles. The fraction of sp³-hybridized carbons (Fsp3) is 0.143. The van der Waals surface area contributed by atoms with Crippen molar-refractivity contribution in [1.29, 1.82) is 0 Å². The standard InChI is InChI=1S/2C28H28N2S2/c2*1-5-13-25(14-6-1)21-29(22-26-15-7-2-8-16-26)31-32-30(23-27-17-9-3-10-18-27)24-28-19-11-4-12-20-28/h2*1-20H,21-24H2. The molecule has 324 valence electrons. The largest absolute Gasteiger partial charge is 0.231 e. The van der Waals surface area contributed by atoms with Crippen LogP contribution in [0.5, 0.6) is 0 Å². The van der Waals surface area contributed by atoms with Crippen molar-refractivity contribution in [2.45, 2.75) is 52.4 Å². The molecule has 0 unspecified atom stereocenters. The van der Waals surface area contributed by atoms with Crippen LogP contribution in [0.1, 0.15) is 44.5 Å². The lowest BCUT2D eigenvalue weighted by molar-refractivity contribution is 0.457. The third-order valence-corrected chi connectivity index (χ3v) is 15.0. The summed E-state index contributed by atoms with van der Waals surface area (Å²) < 4.78 is 9.77. The molecule has 0 aliphatic heterocycles. The Morgan fingerprint density at radius 3 is 0.391 bits per heavy atom. The Morgan fingerprint density at radius 1 is 0.172 bits per heavy atom. The van der Waals surface area contributed by atoms with Crippen LogP contribution in [0.4, 0.5) is 0 Å². The van der Waals surface area contributed by atoms with E-state index in [9.17, 15) is 0 Å². The van der Waals surface area contributed by atoms with Crippen LogP contribution in [0, 0.1) is 0 Å². The number of nitrogens with zero attached hydrogens (tertiary/aromatic N) is 4. The average molecular weight is 913 g/mol. The molecule has 0 heterocycles. The Bertz CT molecular complexity index is 1890. The first-order valence-electron chi connectivity index (χ1n) is 21.7. The van der Waals surface area contributed by atoms with Crippen molar-refractivity contribution in [3.05, 3.63) is 287 Å². The lowest BCUT2D eigenvalue weighted by Gasteiger charge is -2.26. The molecule has 0 saturated heterocycles. The van der Waals surface area contributed by atoms with Crippen molar-refractivity contribution in [2.24, 2.45) is 0 Å². The molecule has 0 saturated carbocycles. The third-order valence-electron chi connectivity index (χ3n) is 10.1. The lowest BCUT2D eigenvalue weighted by Crippen LogP contribution is -2.18. The van der Waals surface area contributed by atoms with Crippen molar-refractivity contribution in [3.8, 4) is 0 Å². The Balaban J connectivity index is 0.000000191.